The molecule has 1 aromatic heterocycles. The van der Waals surface area contributed by atoms with Gasteiger partial charge in [0.2, 0.25) is 5.91 Å². The Morgan fingerprint density at radius 2 is 1.57 bits per heavy atom. The Bertz CT molecular complexity index is 575. The number of nitrogens with one attached hydrogen (secondary N) is 1. The van der Waals surface area contributed by atoms with E-state index in [0.717, 1.165) is 24.2 Å². The summed E-state index contributed by atoms with van der Waals surface area (Å²) in [6.07, 6.45) is 13.2. The number of para-hydroxylation sites is 2. The maximum absolute atomic E-state index is 12.1. The number of carbonyl (C=O) groups is 1. The number of hydrogen-bond acceptors (Lipinski definition) is 1. The lowest BCUT2D eigenvalue weighted by atomic mass is 10.1. The second kappa shape index (κ2) is 9.88. The molecule has 0 aliphatic rings. The van der Waals surface area contributed by atoms with Crippen LogP contribution < -0.4 is 5.32 Å². The standard InChI is InChI=1S/C20H28N2O/c1-2-3-4-5-6-7-8-15-20(23)21-18-13-9-10-14-19(18)22-16-11-12-17-22/h9-14,16-17H,2-8,15H2,1H3,(H,21,23). The first kappa shape index (κ1) is 17.3. The van der Waals surface area contributed by atoms with Crippen LogP contribution in [0.15, 0.2) is 48.8 Å². The molecule has 2 aromatic rings. The number of carbonyl (C=O) groups excluding carboxylic acids is 1. The van der Waals surface area contributed by atoms with Crippen LogP contribution in [0, 0.1) is 0 Å². The zero-order chi connectivity index (χ0) is 16.3. The number of anilines is 1. The minimum Gasteiger partial charge on any atom is -0.324 e. The fourth-order valence-corrected chi connectivity index (χ4v) is 2.75. The van der Waals surface area contributed by atoms with E-state index in [1.165, 1.54) is 32.1 Å². The summed E-state index contributed by atoms with van der Waals surface area (Å²) in [6.45, 7) is 2.23. The molecule has 0 fully saturated rings. The highest BCUT2D eigenvalue weighted by Crippen LogP contribution is 2.20. The van der Waals surface area contributed by atoms with Crippen molar-refractivity contribution in [1.29, 1.82) is 0 Å². The smallest absolute Gasteiger partial charge is 0.224 e. The van der Waals surface area contributed by atoms with Crippen molar-refractivity contribution in [1.82, 2.24) is 4.57 Å². The fraction of sp³-hybridized carbons (Fsp3) is 0.450. The van der Waals surface area contributed by atoms with Crippen LogP contribution in [0.25, 0.3) is 5.69 Å². The van der Waals surface area contributed by atoms with E-state index in [0.29, 0.717) is 6.42 Å². The second-order valence-corrected chi connectivity index (χ2v) is 6.03. The van der Waals surface area contributed by atoms with Crippen LogP contribution in [0.3, 0.4) is 0 Å². The van der Waals surface area contributed by atoms with Crippen molar-refractivity contribution in [3.63, 3.8) is 0 Å². The van der Waals surface area contributed by atoms with Crippen molar-refractivity contribution in [2.75, 3.05) is 5.32 Å². The molecule has 0 radical (unpaired) electrons. The molecule has 1 amide bonds. The number of rotatable bonds is 10. The highest BCUT2D eigenvalue weighted by Gasteiger charge is 2.07. The van der Waals surface area contributed by atoms with Gasteiger partial charge in [-0.2, -0.15) is 0 Å². The number of unbranched alkanes of at least 4 members (excludes halogenated alkanes) is 6. The molecule has 0 aliphatic heterocycles. The summed E-state index contributed by atoms with van der Waals surface area (Å²) in [4.78, 5) is 12.1. The van der Waals surface area contributed by atoms with Crippen LogP contribution in [0.4, 0.5) is 5.69 Å². The number of aromatic nitrogens is 1. The van der Waals surface area contributed by atoms with Gasteiger partial charge in [-0.05, 0) is 30.7 Å². The van der Waals surface area contributed by atoms with Gasteiger partial charge < -0.3 is 9.88 Å². The fourth-order valence-electron chi connectivity index (χ4n) is 2.75. The predicted octanol–water partition coefficient (Wildman–Crippen LogP) is 5.56. The maximum atomic E-state index is 12.1. The van der Waals surface area contributed by atoms with E-state index in [-0.39, 0.29) is 5.91 Å². The molecular formula is C20H28N2O. The summed E-state index contributed by atoms with van der Waals surface area (Å²) in [7, 11) is 0. The lowest BCUT2D eigenvalue weighted by molar-refractivity contribution is -0.116. The van der Waals surface area contributed by atoms with E-state index in [4.69, 9.17) is 0 Å². The zero-order valence-electron chi connectivity index (χ0n) is 14.1. The Balaban J connectivity index is 1.76. The summed E-state index contributed by atoms with van der Waals surface area (Å²) in [5.41, 5.74) is 1.88. The second-order valence-electron chi connectivity index (χ2n) is 6.03. The summed E-state index contributed by atoms with van der Waals surface area (Å²) in [5.74, 6) is 0.109. The average Bonchev–Trinajstić information content (AvgIpc) is 3.09. The van der Waals surface area contributed by atoms with Gasteiger partial charge in [0, 0.05) is 18.8 Å². The third-order valence-corrected chi connectivity index (χ3v) is 4.07. The van der Waals surface area contributed by atoms with E-state index in [9.17, 15) is 4.79 Å². The molecule has 3 heteroatoms. The van der Waals surface area contributed by atoms with Gasteiger partial charge in [-0.25, -0.2) is 0 Å². The molecule has 124 valence electrons. The molecule has 0 bridgehead atoms. The van der Waals surface area contributed by atoms with Gasteiger partial charge in [-0.3, -0.25) is 4.79 Å². The number of benzene rings is 1. The van der Waals surface area contributed by atoms with Crippen molar-refractivity contribution in [3.05, 3.63) is 48.8 Å². The highest BCUT2D eigenvalue weighted by atomic mass is 16.1. The summed E-state index contributed by atoms with van der Waals surface area (Å²) in [5, 5.41) is 3.05. The highest BCUT2D eigenvalue weighted by molar-refractivity contribution is 5.92. The molecule has 0 unspecified atom stereocenters. The van der Waals surface area contributed by atoms with Crippen LogP contribution in [-0.4, -0.2) is 10.5 Å². The summed E-state index contributed by atoms with van der Waals surface area (Å²) in [6, 6.07) is 11.9. The Kier molecular flexibility index (Phi) is 7.44. The largest absolute Gasteiger partial charge is 0.324 e. The number of amides is 1. The topological polar surface area (TPSA) is 34.0 Å². The normalized spacial score (nSPS) is 10.7. The van der Waals surface area contributed by atoms with Gasteiger partial charge >= 0.3 is 0 Å². The maximum Gasteiger partial charge on any atom is 0.224 e. The average molecular weight is 312 g/mol. The molecule has 0 saturated carbocycles. The molecule has 0 saturated heterocycles. The quantitative estimate of drug-likeness (QED) is 0.573. The molecule has 2 rings (SSSR count). The van der Waals surface area contributed by atoms with E-state index >= 15 is 0 Å². The van der Waals surface area contributed by atoms with E-state index in [1.807, 2.05) is 53.4 Å². The Hall–Kier alpha value is -2.03. The Morgan fingerprint density at radius 3 is 2.30 bits per heavy atom. The monoisotopic (exact) mass is 312 g/mol. The number of hydrogen-bond donors (Lipinski definition) is 1. The Morgan fingerprint density at radius 1 is 0.913 bits per heavy atom. The summed E-state index contributed by atoms with van der Waals surface area (Å²) >= 11 is 0. The zero-order valence-corrected chi connectivity index (χ0v) is 14.1. The molecule has 0 atom stereocenters. The SMILES string of the molecule is CCCCCCCCCC(=O)Nc1ccccc1-n1cccc1. The molecule has 3 nitrogen and oxygen atoms in total. The lowest BCUT2D eigenvalue weighted by Crippen LogP contribution is -2.13. The van der Waals surface area contributed by atoms with Crippen molar-refractivity contribution in [2.24, 2.45) is 0 Å². The van der Waals surface area contributed by atoms with Crippen LogP contribution in [0.2, 0.25) is 0 Å². The van der Waals surface area contributed by atoms with Crippen LogP contribution in [-0.2, 0) is 4.79 Å². The van der Waals surface area contributed by atoms with Crippen LogP contribution >= 0.6 is 0 Å². The van der Waals surface area contributed by atoms with Gasteiger partial charge in [0.1, 0.15) is 0 Å². The Labute approximate surface area is 139 Å². The van der Waals surface area contributed by atoms with E-state index in [1.54, 1.807) is 0 Å². The van der Waals surface area contributed by atoms with Crippen molar-refractivity contribution in [2.45, 2.75) is 58.3 Å². The van der Waals surface area contributed by atoms with Gasteiger partial charge in [0.25, 0.3) is 0 Å². The molecular weight excluding hydrogens is 284 g/mol. The first-order valence-electron chi connectivity index (χ1n) is 8.83. The molecule has 1 aromatic carbocycles. The third-order valence-electron chi connectivity index (χ3n) is 4.07. The van der Waals surface area contributed by atoms with Crippen molar-refractivity contribution in [3.8, 4) is 5.69 Å². The molecule has 1 heterocycles. The van der Waals surface area contributed by atoms with Gasteiger partial charge in [-0.1, -0.05) is 57.6 Å². The minimum atomic E-state index is 0.109. The van der Waals surface area contributed by atoms with E-state index in [2.05, 4.69) is 12.2 Å². The van der Waals surface area contributed by atoms with Crippen molar-refractivity contribution < 1.29 is 4.79 Å². The predicted molar refractivity (Wildman–Crippen MR) is 97.0 cm³/mol. The van der Waals surface area contributed by atoms with Gasteiger partial charge in [0.05, 0.1) is 11.4 Å². The first-order chi connectivity index (χ1) is 11.3. The minimum absolute atomic E-state index is 0.109. The van der Waals surface area contributed by atoms with Crippen LogP contribution in [0.1, 0.15) is 58.3 Å². The van der Waals surface area contributed by atoms with Crippen molar-refractivity contribution >= 4 is 11.6 Å². The molecule has 1 N–H and O–H groups in total. The third kappa shape index (κ3) is 5.93. The van der Waals surface area contributed by atoms with E-state index < -0.39 is 0 Å². The van der Waals surface area contributed by atoms with Crippen LogP contribution in [0.5, 0.6) is 0 Å². The molecule has 0 spiro atoms. The molecule has 23 heavy (non-hydrogen) atoms. The van der Waals surface area contributed by atoms with Gasteiger partial charge in [-0.15, -0.1) is 0 Å². The molecule has 0 aliphatic carbocycles. The lowest BCUT2D eigenvalue weighted by Gasteiger charge is -2.12. The first-order valence-corrected chi connectivity index (χ1v) is 8.83. The summed E-state index contributed by atoms with van der Waals surface area (Å²) < 4.78 is 2.02. The van der Waals surface area contributed by atoms with Gasteiger partial charge in [0.15, 0.2) is 0 Å². The number of nitrogens with zero attached hydrogens (tertiary/aromatic N) is 1.